The van der Waals surface area contributed by atoms with Crippen molar-refractivity contribution in [2.45, 2.75) is 38.6 Å². The summed E-state index contributed by atoms with van der Waals surface area (Å²) in [4.78, 5) is 35.5. The van der Waals surface area contributed by atoms with E-state index in [4.69, 9.17) is 27.9 Å². The van der Waals surface area contributed by atoms with Crippen molar-refractivity contribution in [3.63, 3.8) is 0 Å². The molecule has 1 aliphatic carbocycles. The van der Waals surface area contributed by atoms with Gasteiger partial charge in [-0.05, 0) is 37.0 Å². The lowest BCUT2D eigenvalue weighted by Crippen LogP contribution is -2.48. The zero-order valence-electron chi connectivity index (χ0n) is 13.8. The minimum atomic E-state index is -0.788. The van der Waals surface area contributed by atoms with E-state index in [0.717, 1.165) is 25.7 Å². The van der Waals surface area contributed by atoms with E-state index in [1.807, 2.05) is 0 Å². The number of carbonyl (C=O) groups excluding carboxylic acids is 3. The molecule has 2 atom stereocenters. The lowest BCUT2D eigenvalue weighted by Gasteiger charge is -2.29. The zero-order valence-corrected chi connectivity index (χ0v) is 15.3. The van der Waals surface area contributed by atoms with Crippen molar-refractivity contribution in [2.24, 2.45) is 5.92 Å². The van der Waals surface area contributed by atoms with E-state index < -0.39 is 24.5 Å². The molecule has 25 heavy (non-hydrogen) atoms. The molecule has 0 aliphatic heterocycles. The molecule has 0 saturated heterocycles. The maximum Gasteiger partial charge on any atom is 0.340 e. The number of halogens is 2. The summed E-state index contributed by atoms with van der Waals surface area (Å²) in [5.41, 5.74) is 0.0578. The molecule has 1 aromatic rings. The molecule has 8 heteroatoms. The van der Waals surface area contributed by atoms with Crippen LogP contribution in [0.1, 0.15) is 43.0 Å². The molecule has 0 radical (unpaired) electrons. The Morgan fingerprint density at radius 2 is 1.92 bits per heavy atom. The van der Waals surface area contributed by atoms with Gasteiger partial charge < -0.3 is 10.1 Å². The molecule has 0 heterocycles. The van der Waals surface area contributed by atoms with Gasteiger partial charge in [-0.25, -0.2) is 9.59 Å². The van der Waals surface area contributed by atoms with Crippen LogP contribution in [0.5, 0.6) is 0 Å². The van der Waals surface area contributed by atoms with E-state index in [2.05, 4.69) is 17.6 Å². The molecular formula is C17H20Cl2N2O4. The fourth-order valence-corrected chi connectivity index (χ4v) is 3.13. The number of nitrogens with one attached hydrogen (secondary N) is 2. The Morgan fingerprint density at radius 3 is 2.64 bits per heavy atom. The van der Waals surface area contributed by atoms with Crippen LogP contribution in [-0.2, 0) is 9.53 Å². The normalized spacial score (nSPS) is 19.8. The van der Waals surface area contributed by atoms with Gasteiger partial charge >= 0.3 is 12.0 Å². The van der Waals surface area contributed by atoms with Crippen LogP contribution in [0.25, 0.3) is 0 Å². The topological polar surface area (TPSA) is 84.5 Å². The fraction of sp³-hybridized carbons (Fsp3) is 0.471. The first-order valence-electron chi connectivity index (χ1n) is 8.09. The first kappa shape index (κ1) is 19.5. The standard InChI is InChI=1S/C17H20Cl2N2O4/c1-10-4-2-3-5-14(10)20-17(24)21-15(22)9-25-16(23)12-8-11(18)6-7-13(12)19/h6-8,10,14H,2-5,9H2,1H3,(H2,20,21,22,24)/t10-,14+/m1/s1. The number of benzene rings is 1. The maximum absolute atomic E-state index is 11.9. The fourth-order valence-electron chi connectivity index (χ4n) is 2.76. The SMILES string of the molecule is C[C@@H]1CCCC[C@@H]1NC(=O)NC(=O)COC(=O)c1cc(Cl)ccc1Cl. The van der Waals surface area contributed by atoms with Crippen molar-refractivity contribution in [3.05, 3.63) is 33.8 Å². The van der Waals surface area contributed by atoms with Gasteiger partial charge in [0.25, 0.3) is 5.91 Å². The molecule has 1 fully saturated rings. The number of carbonyl (C=O) groups is 3. The molecule has 3 amide bonds. The van der Waals surface area contributed by atoms with E-state index in [-0.39, 0.29) is 16.6 Å². The molecule has 2 rings (SSSR count). The molecule has 136 valence electrons. The largest absolute Gasteiger partial charge is 0.452 e. The summed E-state index contributed by atoms with van der Waals surface area (Å²) in [6.07, 6.45) is 4.16. The van der Waals surface area contributed by atoms with Crippen molar-refractivity contribution in [1.29, 1.82) is 0 Å². The first-order chi connectivity index (χ1) is 11.9. The zero-order chi connectivity index (χ0) is 18.4. The number of imide groups is 1. The highest BCUT2D eigenvalue weighted by atomic mass is 35.5. The monoisotopic (exact) mass is 386 g/mol. The third-order valence-electron chi connectivity index (χ3n) is 4.16. The summed E-state index contributed by atoms with van der Waals surface area (Å²) in [5.74, 6) is -1.13. The van der Waals surface area contributed by atoms with Crippen LogP contribution in [0.15, 0.2) is 18.2 Å². The first-order valence-corrected chi connectivity index (χ1v) is 8.85. The highest BCUT2D eigenvalue weighted by molar-refractivity contribution is 6.35. The third-order valence-corrected chi connectivity index (χ3v) is 4.73. The highest BCUT2D eigenvalue weighted by Gasteiger charge is 2.23. The maximum atomic E-state index is 11.9. The lowest BCUT2D eigenvalue weighted by atomic mass is 9.86. The van der Waals surface area contributed by atoms with Crippen molar-refractivity contribution in [3.8, 4) is 0 Å². The summed E-state index contributed by atoms with van der Waals surface area (Å²) < 4.78 is 4.86. The predicted octanol–water partition coefficient (Wildman–Crippen LogP) is 3.55. The van der Waals surface area contributed by atoms with Crippen LogP contribution < -0.4 is 10.6 Å². The van der Waals surface area contributed by atoms with E-state index in [1.165, 1.54) is 18.2 Å². The van der Waals surface area contributed by atoms with Crippen LogP contribution in [-0.4, -0.2) is 30.6 Å². The molecule has 0 unspecified atom stereocenters. The van der Waals surface area contributed by atoms with Crippen molar-refractivity contribution in [2.75, 3.05) is 6.61 Å². The summed E-state index contributed by atoms with van der Waals surface area (Å²) in [6, 6.07) is 3.81. The number of amides is 3. The number of hydrogen-bond donors (Lipinski definition) is 2. The third kappa shape index (κ3) is 5.90. The number of esters is 1. The Balaban J connectivity index is 1.79. The van der Waals surface area contributed by atoms with Gasteiger partial charge in [0, 0.05) is 11.1 Å². The van der Waals surface area contributed by atoms with Gasteiger partial charge in [-0.1, -0.05) is 43.0 Å². The summed E-state index contributed by atoms with van der Waals surface area (Å²) >= 11 is 11.7. The number of rotatable bonds is 4. The van der Waals surface area contributed by atoms with Crippen LogP contribution in [0.4, 0.5) is 4.79 Å². The van der Waals surface area contributed by atoms with Crippen LogP contribution in [0.2, 0.25) is 10.0 Å². The number of urea groups is 1. The Hall–Kier alpha value is -1.79. The minimum absolute atomic E-state index is 0.0503. The minimum Gasteiger partial charge on any atom is -0.452 e. The van der Waals surface area contributed by atoms with E-state index in [1.54, 1.807) is 0 Å². The Kier molecular flexibility index (Phi) is 7.08. The van der Waals surface area contributed by atoms with Gasteiger partial charge in [-0.15, -0.1) is 0 Å². The van der Waals surface area contributed by atoms with Gasteiger partial charge in [0.2, 0.25) is 0 Å². The van der Waals surface area contributed by atoms with Gasteiger partial charge in [0.05, 0.1) is 10.6 Å². The summed E-state index contributed by atoms with van der Waals surface area (Å²) in [7, 11) is 0. The van der Waals surface area contributed by atoms with Gasteiger partial charge in [-0.3, -0.25) is 10.1 Å². The Bertz CT molecular complexity index is 666. The van der Waals surface area contributed by atoms with E-state index >= 15 is 0 Å². The van der Waals surface area contributed by atoms with Crippen LogP contribution in [0.3, 0.4) is 0 Å². The van der Waals surface area contributed by atoms with Crippen molar-refractivity contribution >= 4 is 41.1 Å². The molecule has 1 saturated carbocycles. The van der Waals surface area contributed by atoms with Gasteiger partial charge in [0.1, 0.15) is 0 Å². The smallest absolute Gasteiger partial charge is 0.340 e. The average Bonchev–Trinajstić information content (AvgIpc) is 2.57. The van der Waals surface area contributed by atoms with Crippen LogP contribution in [0, 0.1) is 5.92 Å². The predicted molar refractivity (Wildman–Crippen MR) is 94.8 cm³/mol. The highest BCUT2D eigenvalue weighted by Crippen LogP contribution is 2.23. The van der Waals surface area contributed by atoms with Crippen molar-refractivity contribution < 1.29 is 19.1 Å². The van der Waals surface area contributed by atoms with Crippen molar-refractivity contribution in [1.82, 2.24) is 10.6 Å². The number of hydrogen-bond acceptors (Lipinski definition) is 4. The second kappa shape index (κ2) is 9.06. The molecular weight excluding hydrogens is 367 g/mol. The Morgan fingerprint density at radius 1 is 1.20 bits per heavy atom. The molecule has 0 spiro atoms. The number of ether oxygens (including phenoxy) is 1. The quantitative estimate of drug-likeness (QED) is 0.774. The molecule has 0 bridgehead atoms. The molecule has 1 aliphatic rings. The van der Waals surface area contributed by atoms with Gasteiger partial charge in [0.15, 0.2) is 6.61 Å². The van der Waals surface area contributed by atoms with E-state index in [9.17, 15) is 14.4 Å². The Labute approximate surface area is 156 Å². The summed E-state index contributed by atoms with van der Waals surface area (Å²) in [5, 5.41) is 5.43. The van der Waals surface area contributed by atoms with Crippen LogP contribution >= 0.6 is 23.2 Å². The second-order valence-electron chi connectivity index (χ2n) is 6.09. The van der Waals surface area contributed by atoms with E-state index in [0.29, 0.717) is 10.9 Å². The average molecular weight is 387 g/mol. The molecule has 0 aromatic heterocycles. The van der Waals surface area contributed by atoms with Gasteiger partial charge in [-0.2, -0.15) is 0 Å². The molecule has 2 N–H and O–H groups in total. The molecule has 6 nitrogen and oxygen atoms in total. The second-order valence-corrected chi connectivity index (χ2v) is 6.93. The molecule has 1 aromatic carbocycles. The lowest BCUT2D eigenvalue weighted by molar-refractivity contribution is -0.123. The summed E-state index contributed by atoms with van der Waals surface area (Å²) in [6.45, 7) is 1.48.